The van der Waals surface area contributed by atoms with Crippen molar-refractivity contribution >= 4 is 23.5 Å². The number of hydrogen-bond donors (Lipinski definition) is 1. The summed E-state index contributed by atoms with van der Waals surface area (Å²) < 4.78 is 10.2. The van der Waals surface area contributed by atoms with Gasteiger partial charge >= 0.3 is 5.97 Å². The first-order valence-electron chi connectivity index (χ1n) is 5.98. The number of carboxylic acid groups (broad SMARTS) is 1. The molecular weight excluding hydrogens is 298 g/mol. The van der Waals surface area contributed by atoms with Crippen molar-refractivity contribution in [1.82, 2.24) is 4.90 Å². The molecule has 1 N–H and O–H groups in total. The van der Waals surface area contributed by atoms with Gasteiger partial charge in [-0.25, -0.2) is 0 Å². The van der Waals surface area contributed by atoms with Crippen LogP contribution in [0.5, 0.6) is 11.5 Å². The Morgan fingerprint density at radius 3 is 2.52 bits per heavy atom. The van der Waals surface area contributed by atoms with Gasteiger partial charge in [-0.3, -0.25) is 9.59 Å². The molecule has 0 spiro atoms. The molecule has 1 aromatic rings. The number of carbonyl (C=O) groups is 2. The summed E-state index contributed by atoms with van der Waals surface area (Å²) in [7, 11) is 2.85. The second-order valence-electron chi connectivity index (χ2n) is 4.06. The van der Waals surface area contributed by atoms with Gasteiger partial charge < -0.3 is 19.5 Å². The zero-order chi connectivity index (χ0) is 16.0. The fraction of sp³-hybridized carbons (Fsp3) is 0.286. The van der Waals surface area contributed by atoms with Crippen LogP contribution >= 0.6 is 11.6 Å². The van der Waals surface area contributed by atoms with Crippen molar-refractivity contribution < 1.29 is 24.2 Å². The Kier molecular flexibility index (Phi) is 6.05. The summed E-state index contributed by atoms with van der Waals surface area (Å²) >= 11 is 6.03. The van der Waals surface area contributed by atoms with E-state index in [9.17, 15) is 9.59 Å². The van der Waals surface area contributed by atoms with E-state index < -0.39 is 18.4 Å². The second-order valence-corrected chi connectivity index (χ2v) is 4.47. The Balaban J connectivity index is 3.18. The number of amides is 1. The summed E-state index contributed by atoms with van der Waals surface area (Å²) in [5.74, 6) is -0.997. The summed E-state index contributed by atoms with van der Waals surface area (Å²) in [5.41, 5.74) is 0.209. The highest BCUT2D eigenvalue weighted by Crippen LogP contribution is 2.36. The highest BCUT2D eigenvalue weighted by Gasteiger charge is 2.21. The standard InChI is InChI=1S/C14H16ClNO5/c1-4-5-16(8-12(17)18)14(19)9-6-10(15)13(21-3)11(7-9)20-2/h4,6-7H,1,5,8H2,2-3H3,(H,17,18). The zero-order valence-corrected chi connectivity index (χ0v) is 12.5. The Morgan fingerprint density at radius 2 is 2.05 bits per heavy atom. The molecule has 6 nitrogen and oxygen atoms in total. The molecule has 0 aromatic heterocycles. The van der Waals surface area contributed by atoms with E-state index in [1.807, 2.05) is 0 Å². The van der Waals surface area contributed by atoms with Crippen LogP contribution in [0.2, 0.25) is 5.02 Å². The fourth-order valence-corrected chi connectivity index (χ4v) is 2.05. The van der Waals surface area contributed by atoms with Crippen LogP contribution in [0.4, 0.5) is 0 Å². The predicted octanol–water partition coefficient (Wildman–Crippen LogP) is 2.07. The Hall–Kier alpha value is -2.21. The number of methoxy groups -OCH3 is 2. The molecule has 0 aliphatic carbocycles. The fourth-order valence-electron chi connectivity index (χ4n) is 1.76. The smallest absolute Gasteiger partial charge is 0.323 e. The van der Waals surface area contributed by atoms with Crippen molar-refractivity contribution in [3.05, 3.63) is 35.4 Å². The van der Waals surface area contributed by atoms with Gasteiger partial charge in [-0.05, 0) is 12.1 Å². The van der Waals surface area contributed by atoms with E-state index in [2.05, 4.69) is 6.58 Å². The van der Waals surface area contributed by atoms with Crippen LogP contribution < -0.4 is 9.47 Å². The number of rotatable bonds is 7. The number of carboxylic acids is 1. The SMILES string of the molecule is C=CCN(CC(=O)O)C(=O)c1cc(Cl)c(OC)c(OC)c1. The first-order valence-corrected chi connectivity index (χ1v) is 6.35. The average Bonchev–Trinajstić information content (AvgIpc) is 2.44. The molecule has 0 aliphatic heterocycles. The van der Waals surface area contributed by atoms with Gasteiger partial charge in [0.05, 0.1) is 19.2 Å². The summed E-state index contributed by atoms with van der Waals surface area (Å²) in [6, 6.07) is 2.86. The number of hydrogen-bond acceptors (Lipinski definition) is 4. The molecule has 0 fully saturated rings. The minimum atomic E-state index is -1.11. The predicted molar refractivity (Wildman–Crippen MR) is 78.3 cm³/mol. The molecule has 21 heavy (non-hydrogen) atoms. The average molecular weight is 314 g/mol. The molecule has 0 heterocycles. The maximum atomic E-state index is 12.4. The number of halogens is 1. The summed E-state index contributed by atoms with van der Waals surface area (Å²) in [5, 5.41) is 9.05. The molecule has 0 radical (unpaired) electrons. The largest absolute Gasteiger partial charge is 0.493 e. The molecular formula is C14H16ClNO5. The molecule has 0 saturated heterocycles. The number of ether oxygens (including phenoxy) is 2. The topological polar surface area (TPSA) is 76.1 Å². The molecule has 1 amide bonds. The van der Waals surface area contributed by atoms with Crippen LogP contribution in [0.3, 0.4) is 0 Å². The monoisotopic (exact) mass is 313 g/mol. The van der Waals surface area contributed by atoms with Crippen molar-refractivity contribution in [2.45, 2.75) is 0 Å². The van der Waals surface area contributed by atoms with E-state index in [1.54, 1.807) is 0 Å². The number of benzene rings is 1. The van der Waals surface area contributed by atoms with Gasteiger partial charge in [0.25, 0.3) is 5.91 Å². The third-order valence-electron chi connectivity index (χ3n) is 2.64. The summed E-state index contributed by atoms with van der Waals surface area (Å²) in [6.07, 6.45) is 1.45. The maximum Gasteiger partial charge on any atom is 0.323 e. The van der Waals surface area contributed by atoms with Crippen molar-refractivity contribution in [2.24, 2.45) is 0 Å². The lowest BCUT2D eigenvalue weighted by Gasteiger charge is -2.20. The highest BCUT2D eigenvalue weighted by atomic mass is 35.5. The second kappa shape index (κ2) is 7.54. The third-order valence-corrected chi connectivity index (χ3v) is 2.92. The van der Waals surface area contributed by atoms with E-state index in [0.29, 0.717) is 11.5 Å². The normalized spacial score (nSPS) is 9.86. The van der Waals surface area contributed by atoms with Crippen molar-refractivity contribution in [2.75, 3.05) is 27.3 Å². The zero-order valence-electron chi connectivity index (χ0n) is 11.8. The molecule has 0 unspecified atom stereocenters. The summed E-state index contributed by atoms with van der Waals surface area (Å²) in [4.78, 5) is 24.3. The molecule has 0 aliphatic rings. The van der Waals surface area contributed by atoms with Gasteiger partial charge in [-0.15, -0.1) is 6.58 Å². The highest BCUT2D eigenvalue weighted by molar-refractivity contribution is 6.32. The van der Waals surface area contributed by atoms with Crippen LogP contribution in [0.25, 0.3) is 0 Å². The van der Waals surface area contributed by atoms with E-state index in [0.717, 1.165) is 4.90 Å². The van der Waals surface area contributed by atoms with Gasteiger partial charge in [0.2, 0.25) is 0 Å². The van der Waals surface area contributed by atoms with E-state index in [1.165, 1.54) is 32.4 Å². The Labute approximate surface area is 127 Å². The number of aliphatic carboxylic acids is 1. The number of carbonyl (C=O) groups excluding carboxylic acids is 1. The van der Waals surface area contributed by atoms with Gasteiger partial charge in [0.1, 0.15) is 6.54 Å². The van der Waals surface area contributed by atoms with Gasteiger partial charge in [-0.1, -0.05) is 17.7 Å². The van der Waals surface area contributed by atoms with Gasteiger partial charge in [0, 0.05) is 12.1 Å². The van der Waals surface area contributed by atoms with Crippen LogP contribution in [-0.4, -0.2) is 49.2 Å². The van der Waals surface area contributed by atoms with Gasteiger partial charge in [-0.2, -0.15) is 0 Å². The Morgan fingerprint density at radius 1 is 1.38 bits per heavy atom. The first-order chi connectivity index (χ1) is 9.94. The first kappa shape index (κ1) is 16.8. The lowest BCUT2D eigenvalue weighted by molar-refractivity contribution is -0.137. The quantitative estimate of drug-likeness (QED) is 0.780. The molecule has 7 heteroatoms. The molecule has 0 saturated carbocycles. The lowest BCUT2D eigenvalue weighted by atomic mass is 10.1. The van der Waals surface area contributed by atoms with Gasteiger partial charge in [0.15, 0.2) is 11.5 Å². The van der Waals surface area contributed by atoms with Crippen molar-refractivity contribution in [3.63, 3.8) is 0 Å². The maximum absolute atomic E-state index is 12.4. The van der Waals surface area contributed by atoms with E-state index >= 15 is 0 Å². The molecule has 0 atom stereocenters. The van der Waals surface area contributed by atoms with Crippen LogP contribution in [0.15, 0.2) is 24.8 Å². The number of nitrogens with zero attached hydrogens (tertiary/aromatic N) is 1. The van der Waals surface area contributed by atoms with Crippen LogP contribution in [0.1, 0.15) is 10.4 Å². The van der Waals surface area contributed by atoms with Crippen molar-refractivity contribution in [1.29, 1.82) is 0 Å². The minimum Gasteiger partial charge on any atom is -0.493 e. The van der Waals surface area contributed by atoms with E-state index in [4.69, 9.17) is 26.2 Å². The molecule has 0 bridgehead atoms. The van der Waals surface area contributed by atoms with Crippen LogP contribution in [0, 0.1) is 0 Å². The third kappa shape index (κ3) is 4.13. The molecule has 1 aromatic carbocycles. The molecule has 114 valence electrons. The summed E-state index contributed by atoms with van der Waals surface area (Å²) in [6.45, 7) is 3.18. The van der Waals surface area contributed by atoms with E-state index in [-0.39, 0.29) is 17.1 Å². The lowest BCUT2D eigenvalue weighted by Crippen LogP contribution is -2.35. The Bertz CT molecular complexity index is 559. The minimum absolute atomic E-state index is 0.108. The van der Waals surface area contributed by atoms with Crippen molar-refractivity contribution in [3.8, 4) is 11.5 Å². The molecule has 1 rings (SSSR count). The van der Waals surface area contributed by atoms with Crippen LogP contribution in [-0.2, 0) is 4.79 Å².